The zero-order valence-electron chi connectivity index (χ0n) is 22.4. The van der Waals surface area contributed by atoms with Crippen LogP contribution in [0.4, 0.5) is 0 Å². The molecular formula is C28H34O10. The van der Waals surface area contributed by atoms with Crippen LogP contribution < -0.4 is 0 Å². The molecule has 4 fully saturated rings. The van der Waals surface area contributed by atoms with Crippen LogP contribution in [0.1, 0.15) is 60.8 Å². The van der Waals surface area contributed by atoms with Crippen LogP contribution in [0.25, 0.3) is 0 Å². The lowest BCUT2D eigenvalue weighted by Gasteiger charge is -2.67. The first-order valence-corrected chi connectivity index (χ1v) is 13.2. The Hall–Kier alpha value is -2.72. The Morgan fingerprint density at radius 1 is 1.05 bits per heavy atom. The molecule has 0 radical (unpaired) electrons. The number of aliphatic hydroxyl groups excluding tert-OH is 1. The molecule has 0 amide bonds. The SMILES string of the molecule is CC(=O)O[C@@H]1C[C@H]2C(C)(C)OC(=O)C=C[C@]2(C)[C@H]2CC[C@@]3(C)[C@H](C4=C[C@@H](O)OC4=O)OC(=O)[C@H]4O[C@]43[C@@]21C. The summed E-state index contributed by atoms with van der Waals surface area (Å²) in [6.45, 7) is 11.2. The number of hydrogen-bond acceptors (Lipinski definition) is 10. The second-order valence-electron chi connectivity index (χ2n) is 12.9. The van der Waals surface area contributed by atoms with Crippen molar-refractivity contribution in [1.29, 1.82) is 0 Å². The minimum absolute atomic E-state index is 0.0853. The minimum Gasteiger partial charge on any atom is -0.462 e. The van der Waals surface area contributed by atoms with E-state index in [9.17, 15) is 24.3 Å². The van der Waals surface area contributed by atoms with Crippen LogP contribution in [0.5, 0.6) is 0 Å². The van der Waals surface area contributed by atoms with Crippen molar-refractivity contribution in [2.45, 2.75) is 96.6 Å². The van der Waals surface area contributed by atoms with Crippen LogP contribution in [-0.4, -0.2) is 64.8 Å². The van der Waals surface area contributed by atoms with E-state index in [0.717, 1.165) is 0 Å². The Kier molecular flexibility index (Phi) is 5.02. The molecule has 4 heterocycles. The third-order valence-electron chi connectivity index (χ3n) is 10.7. The summed E-state index contributed by atoms with van der Waals surface area (Å²) in [4.78, 5) is 51.0. The third kappa shape index (κ3) is 2.90. The van der Waals surface area contributed by atoms with Crippen molar-refractivity contribution in [3.63, 3.8) is 0 Å². The number of aliphatic hydroxyl groups is 1. The van der Waals surface area contributed by atoms with Gasteiger partial charge in [-0.05, 0) is 50.5 Å². The van der Waals surface area contributed by atoms with Gasteiger partial charge < -0.3 is 28.8 Å². The van der Waals surface area contributed by atoms with Crippen LogP contribution >= 0.6 is 0 Å². The highest BCUT2D eigenvalue weighted by Crippen LogP contribution is 2.78. The Morgan fingerprint density at radius 3 is 2.39 bits per heavy atom. The van der Waals surface area contributed by atoms with Crippen molar-refractivity contribution in [2.24, 2.45) is 28.1 Å². The van der Waals surface area contributed by atoms with Crippen LogP contribution in [0.2, 0.25) is 0 Å². The molecule has 2 saturated carbocycles. The Labute approximate surface area is 220 Å². The lowest BCUT2D eigenvalue weighted by Crippen LogP contribution is -2.73. The van der Waals surface area contributed by atoms with Gasteiger partial charge in [-0.1, -0.05) is 26.8 Å². The average molecular weight is 531 g/mol. The van der Waals surface area contributed by atoms with Crippen LogP contribution in [-0.2, 0) is 42.9 Å². The van der Waals surface area contributed by atoms with Crippen molar-refractivity contribution in [2.75, 3.05) is 0 Å². The van der Waals surface area contributed by atoms with Crippen LogP contribution in [0.3, 0.4) is 0 Å². The summed E-state index contributed by atoms with van der Waals surface area (Å²) in [6, 6.07) is 0. The number of hydrogen-bond donors (Lipinski definition) is 1. The molecular weight excluding hydrogens is 496 g/mol. The zero-order valence-corrected chi connectivity index (χ0v) is 22.4. The Morgan fingerprint density at radius 2 is 1.76 bits per heavy atom. The summed E-state index contributed by atoms with van der Waals surface area (Å²) in [7, 11) is 0. The molecule has 1 N–H and O–H groups in total. The molecule has 6 rings (SSSR count). The van der Waals surface area contributed by atoms with Gasteiger partial charge in [-0.25, -0.2) is 14.4 Å². The van der Waals surface area contributed by atoms with Gasteiger partial charge in [0, 0.05) is 29.7 Å². The predicted molar refractivity (Wildman–Crippen MR) is 128 cm³/mol. The zero-order chi connectivity index (χ0) is 27.6. The van der Waals surface area contributed by atoms with E-state index in [1.807, 2.05) is 33.8 Å². The summed E-state index contributed by atoms with van der Waals surface area (Å²) in [6.07, 6.45) is 2.18. The van der Waals surface area contributed by atoms with E-state index >= 15 is 0 Å². The number of fused-ring (bicyclic) bond motifs is 3. The van der Waals surface area contributed by atoms with Gasteiger partial charge in [0.1, 0.15) is 23.4 Å². The fraction of sp³-hybridized carbons (Fsp3) is 0.714. The maximum atomic E-state index is 13.3. The first-order chi connectivity index (χ1) is 17.6. The highest BCUT2D eigenvalue weighted by atomic mass is 16.7. The maximum Gasteiger partial charge on any atom is 0.340 e. The Balaban J connectivity index is 1.54. The molecule has 1 spiro atoms. The number of epoxide rings is 1. The first-order valence-electron chi connectivity index (χ1n) is 13.2. The molecule has 10 heteroatoms. The summed E-state index contributed by atoms with van der Waals surface area (Å²) < 4.78 is 29.1. The van der Waals surface area contributed by atoms with Crippen molar-refractivity contribution in [1.82, 2.24) is 0 Å². The van der Waals surface area contributed by atoms with Gasteiger partial charge in [0.25, 0.3) is 0 Å². The van der Waals surface area contributed by atoms with Gasteiger partial charge >= 0.3 is 23.9 Å². The summed E-state index contributed by atoms with van der Waals surface area (Å²) in [5.41, 5.74) is -4.23. The molecule has 6 aliphatic rings. The predicted octanol–water partition coefficient (Wildman–Crippen LogP) is 2.12. The molecule has 10 atom stereocenters. The fourth-order valence-electron chi connectivity index (χ4n) is 9.31. The van der Waals surface area contributed by atoms with Gasteiger partial charge in [-0.15, -0.1) is 0 Å². The van der Waals surface area contributed by atoms with E-state index in [-0.39, 0.29) is 17.4 Å². The number of cyclic esters (lactones) is 3. The number of carbonyl (C=O) groups excluding carboxylic acids is 4. The molecule has 10 nitrogen and oxygen atoms in total. The summed E-state index contributed by atoms with van der Waals surface area (Å²) in [5, 5.41) is 9.97. The molecule has 0 aromatic heterocycles. The van der Waals surface area contributed by atoms with Gasteiger partial charge in [-0.2, -0.15) is 0 Å². The quantitative estimate of drug-likeness (QED) is 0.321. The molecule has 2 saturated heterocycles. The molecule has 0 bridgehead atoms. The molecule has 206 valence electrons. The van der Waals surface area contributed by atoms with E-state index in [2.05, 4.69) is 6.92 Å². The summed E-state index contributed by atoms with van der Waals surface area (Å²) in [5.74, 6) is -2.60. The number of ether oxygens (including phenoxy) is 5. The minimum atomic E-state index is -1.42. The average Bonchev–Trinajstić information content (AvgIpc) is 3.51. The lowest BCUT2D eigenvalue weighted by atomic mass is 9.37. The van der Waals surface area contributed by atoms with Crippen LogP contribution in [0.15, 0.2) is 23.8 Å². The standard InChI is InChI=1S/C28H34O10/c1-13(29)34-17-12-16-24(2,3)37-18(30)8-9-25(16,4)15-7-10-26(5)20(14-11-19(31)35-22(14)32)36-23(33)21-28(26,38-21)27(15,17)6/h8-9,11,15-17,19-21,31H,7,10,12H2,1-6H3/t15-,16+,17-,19+,20+,21-,25-,26+,27+,28-/m1/s1. The van der Waals surface area contributed by atoms with Crippen molar-refractivity contribution in [3.05, 3.63) is 23.8 Å². The van der Waals surface area contributed by atoms with Gasteiger partial charge in [0.15, 0.2) is 6.10 Å². The summed E-state index contributed by atoms with van der Waals surface area (Å²) >= 11 is 0. The van der Waals surface area contributed by atoms with E-state index < -0.39 is 75.9 Å². The Bertz CT molecular complexity index is 1220. The smallest absolute Gasteiger partial charge is 0.340 e. The van der Waals surface area contributed by atoms with Gasteiger partial charge in [0.05, 0.1) is 5.57 Å². The molecule has 4 aliphatic heterocycles. The van der Waals surface area contributed by atoms with E-state index in [1.165, 1.54) is 19.1 Å². The number of rotatable bonds is 2. The van der Waals surface area contributed by atoms with Crippen molar-refractivity contribution in [3.8, 4) is 0 Å². The van der Waals surface area contributed by atoms with Crippen molar-refractivity contribution >= 4 is 23.9 Å². The largest absolute Gasteiger partial charge is 0.462 e. The second kappa shape index (κ2) is 7.47. The highest BCUT2D eigenvalue weighted by molar-refractivity contribution is 5.94. The molecule has 2 aliphatic carbocycles. The maximum absolute atomic E-state index is 13.3. The first kappa shape index (κ1) is 25.6. The van der Waals surface area contributed by atoms with Gasteiger partial charge in [-0.3, -0.25) is 4.79 Å². The second-order valence-corrected chi connectivity index (χ2v) is 12.9. The van der Waals surface area contributed by atoms with E-state index in [1.54, 1.807) is 0 Å². The van der Waals surface area contributed by atoms with Crippen molar-refractivity contribution < 1.29 is 48.0 Å². The fourth-order valence-corrected chi connectivity index (χ4v) is 9.31. The van der Waals surface area contributed by atoms with E-state index in [4.69, 9.17) is 23.7 Å². The third-order valence-corrected chi connectivity index (χ3v) is 10.7. The normalized spacial score (nSPS) is 50.1. The van der Waals surface area contributed by atoms with E-state index in [0.29, 0.717) is 19.3 Å². The lowest BCUT2D eigenvalue weighted by molar-refractivity contribution is -0.253. The molecule has 0 aromatic carbocycles. The number of carbonyl (C=O) groups is 4. The topological polar surface area (TPSA) is 138 Å². The molecule has 38 heavy (non-hydrogen) atoms. The van der Waals surface area contributed by atoms with Crippen LogP contribution in [0, 0.1) is 28.1 Å². The number of esters is 4. The van der Waals surface area contributed by atoms with Gasteiger partial charge in [0.2, 0.25) is 6.29 Å². The molecule has 0 unspecified atom stereocenters. The molecule has 0 aromatic rings. The monoisotopic (exact) mass is 530 g/mol. The highest BCUT2D eigenvalue weighted by Gasteiger charge is 2.88. The number of allylic oxidation sites excluding steroid dienone is 1.